The number of nitrogens with zero attached hydrogens (tertiary/aromatic N) is 1. The molecule has 1 amide bonds. The van der Waals surface area contributed by atoms with Crippen molar-refractivity contribution in [1.29, 1.82) is 0 Å². The molecule has 0 aliphatic carbocycles. The van der Waals surface area contributed by atoms with Crippen LogP contribution in [0.1, 0.15) is 0 Å². The van der Waals surface area contributed by atoms with Gasteiger partial charge in [-0.05, 0) is 0 Å². The van der Waals surface area contributed by atoms with Crippen LogP contribution in [0.2, 0.25) is 0 Å². The Hall–Kier alpha value is -0.940. The molecule has 0 bridgehead atoms. The molecule has 1 saturated heterocycles. The van der Waals surface area contributed by atoms with Gasteiger partial charge in [-0.15, -0.1) is 13.2 Å². The van der Waals surface area contributed by atoms with Crippen LogP contribution in [0, 0.1) is 0 Å². The minimum absolute atomic E-state index is 0.182. The molecule has 0 atom stereocenters. The Morgan fingerprint density at radius 2 is 2.10 bits per heavy atom. The lowest BCUT2D eigenvalue weighted by Crippen LogP contribution is -2.38. The third-order valence-corrected chi connectivity index (χ3v) is 1.07. The standard InChI is InChI=1S/C4H4F3NO2/c5-4(6,7)8-1-2-10-3(8)9/h1-2H2. The summed E-state index contributed by atoms with van der Waals surface area (Å²) in [5, 5.41) is 0. The maximum atomic E-state index is 11.6. The van der Waals surface area contributed by atoms with Crippen molar-refractivity contribution < 1.29 is 22.7 Å². The number of amides is 1. The molecule has 58 valence electrons. The maximum Gasteiger partial charge on any atom is 0.489 e. The number of rotatable bonds is 0. The topological polar surface area (TPSA) is 29.5 Å². The van der Waals surface area contributed by atoms with Crippen molar-refractivity contribution in [1.82, 2.24) is 4.90 Å². The van der Waals surface area contributed by atoms with Gasteiger partial charge in [0.2, 0.25) is 0 Å². The quantitative estimate of drug-likeness (QED) is 0.487. The largest absolute Gasteiger partial charge is 0.489 e. The summed E-state index contributed by atoms with van der Waals surface area (Å²) in [6.45, 7) is -0.583. The van der Waals surface area contributed by atoms with Crippen LogP contribution in [0.4, 0.5) is 18.0 Å². The summed E-state index contributed by atoms with van der Waals surface area (Å²) in [4.78, 5) is 9.93. The van der Waals surface area contributed by atoms with Crippen molar-refractivity contribution in [3.05, 3.63) is 0 Å². The van der Waals surface area contributed by atoms with E-state index in [2.05, 4.69) is 4.74 Å². The lowest BCUT2D eigenvalue weighted by molar-refractivity contribution is -0.219. The number of halogens is 3. The first kappa shape index (κ1) is 7.17. The van der Waals surface area contributed by atoms with Gasteiger partial charge in [-0.3, -0.25) is 0 Å². The van der Waals surface area contributed by atoms with Crippen LogP contribution in [-0.2, 0) is 4.74 Å². The fourth-order valence-electron chi connectivity index (χ4n) is 0.624. The summed E-state index contributed by atoms with van der Waals surface area (Å²) < 4.78 is 39.0. The molecule has 0 aromatic rings. The van der Waals surface area contributed by atoms with Gasteiger partial charge in [0, 0.05) is 0 Å². The lowest BCUT2D eigenvalue weighted by Gasteiger charge is -2.14. The van der Waals surface area contributed by atoms with Gasteiger partial charge in [0.25, 0.3) is 0 Å². The van der Waals surface area contributed by atoms with E-state index in [0.29, 0.717) is 0 Å². The van der Waals surface area contributed by atoms with Crippen molar-refractivity contribution in [3.63, 3.8) is 0 Å². The normalized spacial score (nSPS) is 19.5. The number of hydrogen-bond donors (Lipinski definition) is 0. The zero-order valence-corrected chi connectivity index (χ0v) is 4.81. The SMILES string of the molecule is O=C1OCCN1C(F)(F)F. The molecular weight excluding hydrogens is 151 g/mol. The third kappa shape index (κ3) is 1.14. The molecule has 1 rings (SSSR count). The molecule has 0 saturated carbocycles. The van der Waals surface area contributed by atoms with Crippen LogP contribution < -0.4 is 0 Å². The lowest BCUT2D eigenvalue weighted by atomic mass is 10.6. The number of ether oxygens (including phenoxy) is 1. The van der Waals surface area contributed by atoms with E-state index in [4.69, 9.17) is 0 Å². The summed E-state index contributed by atoms with van der Waals surface area (Å²) in [7, 11) is 0. The molecule has 3 nitrogen and oxygen atoms in total. The Morgan fingerprint density at radius 1 is 1.50 bits per heavy atom. The molecule has 1 aliphatic heterocycles. The minimum Gasteiger partial charge on any atom is -0.447 e. The Balaban J connectivity index is 2.64. The van der Waals surface area contributed by atoms with Crippen LogP contribution in [0.5, 0.6) is 0 Å². The average molecular weight is 155 g/mol. The van der Waals surface area contributed by atoms with Gasteiger partial charge in [0.1, 0.15) is 6.61 Å². The highest BCUT2D eigenvalue weighted by Crippen LogP contribution is 2.23. The molecular formula is C4H4F3NO2. The monoisotopic (exact) mass is 155 g/mol. The summed E-state index contributed by atoms with van der Waals surface area (Å²) >= 11 is 0. The summed E-state index contributed by atoms with van der Waals surface area (Å²) in [6, 6.07) is 0. The second-order valence-electron chi connectivity index (χ2n) is 1.73. The first-order valence-electron chi connectivity index (χ1n) is 2.53. The van der Waals surface area contributed by atoms with Gasteiger partial charge >= 0.3 is 12.4 Å². The minimum atomic E-state index is -4.59. The molecule has 0 aromatic carbocycles. The van der Waals surface area contributed by atoms with Crippen molar-refractivity contribution in [2.75, 3.05) is 13.2 Å². The Bertz CT molecular complexity index is 155. The number of alkyl halides is 3. The fraction of sp³-hybridized carbons (Fsp3) is 0.750. The smallest absolute Gasteiger partial charge is 0.447 e. The molecule has 10 heavy (non-hydrogen) atoms. The van der Waals surface area contributed by atoms with Crippen LogP contribution in [0.25, 0.3) is 0 Å². The average Bonchev–Trinajstić information content (AvgIpc) is 2.11. The summed E-state index contributed by atoms with van der Waals surface area (Å²) in [5.74, 6) is 0. The van der Waals surface area contributed by atoms with E-state index in [0.717, 1.165) is 0 Å². The van der Waals surface area contributed by atoms with E-state index in [-0.39, 0.29) is 11.5 Å². The van der Waals surface area contributed by atoms with Crippen LogP contribution in [0.3, 0.4) is 0 Å². The van der Waals surface area contributed by atoms with Gasteiger partial charge < -0.3 is 4.74 Å². The molecule has 1 aliphatic rings. The number of hydrogen-bond acceptors (Lipinski definition) is 2. The van der Waals surface area contributed by atoms with E-state index < -0.39 is 18.9 Å². The van der Waals surface area contributed by atoms with Gasteiger partial charge in [-0.2, -0.15) is 0 Å². The number of carbonyl (C=O) groups is 1. The van der Waals surface area contributed by atoms with Crippen LogP contribution in [0.15, 0.2) is 0 Å². The van der Waals surface area contributed by atoms with Crippen LogP contribution in [-0.4, -0.2) is 30.4 Å². The molecule has 1 heterocycles. The zero-order chi connectivity index (χ0) is 7.78. The van der Waals surface area contributed by atoms with Crippen molar-refractivity contribution in [3.8, 4) is 0 Å². The Morgan fingerprint density at radius 3 is 2.30 bits per heavy atom. The highest BCUT2D eigenvalue weighted by Gasteiger charge is 2.44. The molecule has 1 fully saturated rings. The van der Waals surface area contributed by atoms with E-state index in [1.807, 2.05) is 0 Å². The van der Waals surface area contributed by atoms with Gasteiger partial charge in [0.15, 0.2) is 0 Å². The van der Waals surface area contributed by atoms with Crippen LogP contribution >= 0.6 is 0 Å². The van der Waals surface area contributed by atoms with Crippen molar-refractivity contribution in [2.24, 2.45) is 0 Å². The Labute approximate surface area is 54.4 Å². The maximum absolute atomic E-state index is 11.6. The van der Waals surface area contributed by atoms with Gasteiger partial charge in [-0.25, -0.2) is 9.69 Å². The predicted molar refractivity (Wildman–Crippen MR) is 24.1 cm³/mol. The van der Waals surface area contributed by atoms with Crippen molar-refractivity contribution >= 4 is 6.09 Å². The first-order valence-corrected chi connectivity index (χ1v) is 2.53. The van der Waals surface area contributed by atoms with Gasteiger partial charge in [0.05, 0.1) is 6.54 Å². The fourth-order valence-corrected chi connectivity index (χ4v) is 0.624. The molecule has 0 radical (unpaired) electrons. The van der Waals surface area contributed by atoms with E-state index >= 15 is 0 Å². The second kappa shape index (κ2) is 2.03. The molecule has 0 N–H and O–H groups in total. The van der Waals surface area contributed by atoms with E-state index in [1.165, 1.54) is 0 Å². The van der Waals surface area contributed by atoms with E-state index in [9.17, 15) is 18.0 Å². The summed E-state index contributed by atoms with van der Waals surface area (Å²) in [5.41, 5.74) is 0. The molecule has 0 spiro atoms. The summed E-state index contributed by atoms with van der Waals surface area (Å²) in [6.07, 6.45) is -5.90. The first-order chi connectivity index (χ1) is 4.52. The predicted octanol–water partition coefficient (Wildman–Crippen LogP) is 0.958. The Kier molecular flexibility index (Phi) is 1.46. The molecule has 0 unspecified atom stereocenters. The number of cyclic esters (lactones) is 1. The highest BCUT2D eigenvalue weighted by molar-refractivity contribution is 5.69. The molecule has 0 aromatic heterocycles. The van der Waals surface area contributed by atoms with E-state index in [1.54, 1.807) is 0 Å². The molecule has 6 heteroatoms. The highest BCUT2D eigenvalue weighted by atomic mass is 19.4. The third-order valence-electron chi connectivity index (χ3n) is 1.07. The van der Waals surface area contributed by atoms with Crippen molar-refractivity contribution in [2.45, 2.75) is 6.30 Å². The van der Waals surface area contributed by atoms with Gasteiger partial charge in [-0.1, -0.05) is 0 Å². The zero-order valence-electron chi connectivity index (χ0n) is 4.81. The second-order valence-corrected chi connectivity index (χ2v) is 1.73. The number of carbonyl (C=O) groups excluding carboxylic acids is 1.